The number of cyclic esters (lactones) is 1. The Bertz CT molecular complexity index is 381. The summed E-state index contributed by atoms with van der Waals surface area (Å²) in [5.41, 5.74) is 1.14. The van der Waals surface area contributed by atoms with E-state index in [1.54, 1.807) is 0 Å². The van der Waals surface area contributed by atoms with Gasteiger partial charge in [-0.1, -0.05) is 43.3 Å². The Kier molecular flexibility index (Phi) is 3.40. The lowest BCUT2D eigenvalue weighted by atomic mass is 9.99. The van der Waals surface area contributed by atoms with Gasteiger partial charge in [0.25, 0.3) is 0 Å². The minimum atomic E-state index is -0.0750. The van der Waals surface area contributed by atoms with Gasteiger partial charge in [-0.2, -0.15) is 0 Å². The van der Waals surface area contributed by atoms with E-state index in [4.69, 9.17) is 4.74 Å². The van der Waals surface area contributed by atoms with Gasteiger partial charge in [-0.05, 0) is 24.5 Å². The monoisotopic (exact) mass is 216 g/mol. The summed E-state index contributed by atoms with van der Waals surface area (Å²) >= 11 is 0. The van der Waals surface area contributed by atoms with Gasteiger partial charge in [0, 0.05) is 0 Å². The summed E-state index contributed by atoms with van der Waals surface area (Å²) < 4.78 is 5.29. The number of hydrogen-bond acceptors (Lipinski definition) is 2. The van der Waals surface area contributed by atoms with Gasteiger partial charge in [0.2, 0.25) is 0 Å². The highest BCUT2D eigenvalue weighted by atomic mass is 16.5. The van der Waals surface area contributed by atoms with E-state index in [0.717, 1.165) is 18.4 Å². The Morgan fingerprint density at radius 1 is 1.25 bits per heavy atom. The summed E-state index contributed by atoms with van der Waals surface area (Å²) in [5, 5.41) is 0. The van der Waals surface area contributed by atoms with E-state index in [-0.39, 0.29) is 18.0 Å². The molecule has 1 saturated heterocycles. The molecule has 2 rings (SSSR count). The summed E-state index contributed by atoms with van der Waals surface area (Å²) in [6.45, 7) is 1.92. The molecule has 1 aliphatic rings. The van der Waals surface area contributed by atoms with Crippen molar-refractivity contribution in [3.05, 3.63) is 42.0 Å². The van der Waals surface area contributed by atoms with Gasteiger partial charge >= 0.3 is 5.97 Å². The molecule has 16 heavy (non-hydrogen) atoms. The lowest BCUT2D eigenvalue weighted by Gasteiger charge is -2.23. The topological polar surface area (TPSA) is 26.3 Å². The number of rotatable bonds is 2. The number of benzene rings is 1. The number of hydrogen-bond donors (Lipinski definition) is 0. The van der Waals surface area contributed by atoms with E-state index in [1.807, 2.05) is 49.4 Å². The maximum Gasteiger partial charge on any atom is 0.309 e. The van der Waals surface area contributed by atoms with Crippen molar-refractivity contribution in [1.29, 1.82) is 0 Å². The summed E-state index contributed by atoms with van der Waals surface area (Å²) in [7, 11) is 0. The standard InChI is InChI=1S/C14H16O2/c1-11-7-9-13(16-14(11)15)10-8-12-5-3-2-4-6-12/h2-6,8,10-11,13H,7,9H2,1H3/b10-8+/t11-,13+/m1/s1. The molecule has 0 bridgehead atoms. The largest absolute Gasteiger partial charge is 0.458 e. The molecule has 0 radical (unpaired) electrons. The first kappa shape index (κ1) is 10.9. The molecule has 2 atom stereocenters. The van der Waals surface area contributed by atoms with Crippen LogP contribution in [0.2, 0.25) is 0 Å². The molecule has 0 unspecified atom stereocenters. The Labute approximate surface area is 95.9 Å². The molecule has 84 valence electrons. The third-order valence-electron chi connectivity index (χ3n) is 2.86. The summed E-state index contributed by atoms with van der Waals surface area (Å²) in [5.74, 6) is -0.0182. The maximum atomic E-state index is 11.4. The van der Waals surface area contributed by atoms with Crippen molar-refractivity contribution in [2.75, 3.05) is 0 Å². The van der Waals surface area contributed by atoms with Crippen LogP contribution in [0.15, 0.2) is 36.4 Å². The van der Waals surface area contributed by atoms with Gasteiger partial charge in [0.15, 0.2) is 0 Å². The van der Waals surface area contributed by atoms with Crippen molar-refractivity contribution < 1.29 is 9.53 Å². The van der Waals surface area contributed by atoms with E-state index < -0.39 is 0 Å². The first-order chi connectivity index (χ1) is 7.75. The van der Waals surface area contributed by atoms with Gasteiger partial charge in [0.1, 0.15) is 6.10 Å². The average Bonchev–Trinajstić information content (AvgIpc) is 2.32. The third kappa shape index (κ3) is 2.72. The quantitative estimate of drug-likeness (QED) is 0.710. The predicted octanol–water partition coefficient (Wildman–Crippen LogP) is 3.04. The van der Waals surface area contributed by atoms with Gasteiger partial charge in [-0.3, -0.25) is 4.79 Å². The predicted molar refractivity (Wildman–Crippen MR) is 63.8 cm³/mol. The van der Waals surface area contributed by atoms with Crippen LogP contribution in [-0.2, 0) is 9.53 Å². The van der Waals surface area contributed by atoms with Crippen LogP contribution < -0.4 is 0 Å². The molecule has 1 fully saturated rings. The number of esters is 1. The number of ether oxygens (including phenoxy) is 1. The van der Waals surface area contributed by atoms with Crippen molar-refractivity contribution in [3.8, 4) is 0 Å². The highest BCUT2D eigenvalue weighted by Crippen LogP contribution is 2.21. The Balaban J connectivity index is 1.96. The summed E-state index contributed by atoms with van der Waals surface area (Å²) in [6, 6.07) is 10.0. The molecule has 0 spiro atoms. The Hall–Kier alpha value is -1.57. The molecule has 2 heteroatoms. The Morgan fingerprint density at radius 2 is 2.00 bits per heavy atom. The molecule has 1 heterocycles. The molecule has 0 saturated carbocycles. The van der Waals surface area contributed by atoms with Crippen LogP contribution in [0.3, 0.4) is 0 Å². The zero-order valence-electron chi connectivity index (χ0n) is 9.43. The van der Waals surface area contributed by atoms with E-state index in [2.05, 4.69) is 0 Å². The van der Waals surface area contributed by atoms with Gasteiger partial charge in [-0.25, -0.2) is 0 Å². The average molecular weight is 216 g/mol. The highest BCUT2D eigenvalue weighted by Gasteiger charge is 2.24. The molecule has 2 nitrogen and oxygen atoms in total. The van der Waals surface area contributed by atoms with E-state index in [1.165, 1.54) is 0 Å². The second kappa shape index (κ2) is 4.97. The first-order valence-corrected chi connectivity index (χ1v) is 5.69. The fraction of sp³-hybridized carbons (Fsp3) is 0.357. The normalized spacial score (nSPS) is 25.7. The minimum absolute atomic E-state index is 0.0519. The maximum absolute atomic E-state index is 11.4. The molecular weight excluding hydrogens is 200 g/mol. The van der Waals surface area contributed by atoms with E-state index in [0.29, 0.717) is 0 Å². The minimum Gasteiger partial charge on any atom is -0.458 e. The molecule has 0 N–H and O–H groups in total. The summed E-state index contributed by atoms with van der Waals surface area (Å²) in [4.78, 5) is 11.4. The van der Waals surface area contributed by atoms with Crippen LogP contribution in [0.1, 0.15) is 25.3 Å². The van der Waals surface area contributed by atoms with Crippen LogP contribution in [-0.4, -0.2) is 12.1 Å². The van der Waals surface area contributed by atoms with Crippen molar-refractivity contribution >= 4 is 12.0 Å². The van der Waals surface area contributed by atoms with Crippen LogP contribution in [0.4, 0.5) is 0 Å². The third-order valence-corrected chi connectivity index (χ3v) is 2.86. The zero-order chi connectivity index (χ0) is 11.4. The fourth-order valence-electron chi connectivity index (χ4n) is 1.77. The molecule has 0 amide bonds. The van der Waals surface area contributed by atoms with Crippen LogP contribution in [0.25, 0.3) is 6.08 Å². The van der Waals surface area contributed by atoms with Crippen LogP contribution in [0, 0.1) is 5.92 Å². The second-order valence-corrected chi connectivity index (χ2v) is 4.22. The van der Waals surface area contributed by atoms with Crippen molar-refractivity contribution in [2.45, 2.75) is 25.9 Å². The second-order valence-electron chi connectivity index (χ2n) is 4.22. The molecule has 1 aromatic rings. The van der Waals surface area contributed by atoms with Crippen molar-refractivity contribution in [1.82, 2.24) is 0 Å². The molecular formula is C14H16O2. The van der Waals surface area contributed by atoms with E-state index in [9.17, 15) is 4.79 Å². The van der Waals surface area contributed by atoms with E-state index >= 15 is 0 Å². The smallest absolute Gasteiger partial charge is 0.309 e. The van der Waals surface area contributed by atoms with Crippen molar-refractivity contribution in [3.63, 3.8) is 0 Å². The van der Waals surface area contributed by atoms with Crippen molar-refractivity contribution in [2.24, 2.45) is 5.92 Å². The fourth-order valence-corrected chi connectivity index (χ4v) is 1.77. The molecule has 0 aromatic heterocycles. The first-order valence-electron chi connectivity index (χ1n) is 5.69. The lowest BCUT2D eigenvalue weighted by Crippen LogP contribution is -2.28. The highest BCUT2D eigenvalue weighted by molar-refractivity contribution is 5.73. The molecule has 0 aliphatic carbocycles. The Morgan fingerprint density at radius 3 is 2.69 bits per heavy atom. The van der Waals surface area contributed by atoms with Gasteiger partial charge in [-0.15, -0.1) is 0 Å². The van der Waals surface area contributed by atoms with Gasteiger partial charge in [0.05, 0.1) is 5.92 Å². The van der Waals surface area contributed by atoms with Gasteiger partial charge < -0.3 is 4.74 Å². The van der Waals surface area contributed by atoms with Crippen LogP contribution >= 0.6 is 0 Å². The van der Waals surface area contributed by atoms with Crippen LogP contribution in [0.5, 0.6) is 0 Å². The molecule has 1 aliphatic heterocycles. The summed E-state index contributed by atoms with van der Waals surface area (Å²) in [6.07, 6.45) is 5.77. The number of carbonyl (C=O) groups excluding carboxylic acids is 1. The lowest BCUT2D eigenvalue weighted by molar-refractivity contribution is -0.156. The molecule has 1 aromatic carbocycles. The zero-order valence-corrected chi connectivity index (χ0v) is 9.43. The number of carbonyl (C=O) groups is 1. The SMILES string of the molecule is C[C@@H]1CC[C@@H](/C=C/c2ccccc2)OC1=O.